The molecule has 0 fully saturated rings. The predicted octanol–water partition coefficient (Wildman–Crippen LogP) is 5.24. The van der Waals surface area contributed by atoms with Crippen molar-refractivity contribution in [1.29, 1.82) is 0 Å². The molecule has 1 heterocycles. The van der Waals surface area contributed by atoms with Gasteiger partial charge in [-0.2, -0.15) is 0 Å². The molecule has 4 heteroatoms. The zero-order valence-electron chi connectivity index (χ0n) is 15.5. The molecule has 0 radical (unpaired) electrons. The Kier molecular flexibility index (Phi) is 5.33. The summed E-state index contributed by atoms with van der Waals surface area (Å²) in [4.78, 5) is 20.9. The van der Waals surface area contributed by atoms with Crippen LogP contribution in [0.1, 0.15) is 31.2 Å². The molecule has 132 valence electrons. The molecule has 0 aliphatic heterocycles. The number of hydrogen-bond acceptors (Lipinski definition) is 3. The molecule has 1 amide bonds. The second-order valence-corrected chi connectivity index (χ2v) is 7.58. The third-order valence-corrected chi connectivity index (χ3v) is 5.39. The van der Waals surface area contributed by atoms with Crippen LogP contribution in [0.3, 0.4) is 0 Å². The fourth-order valence-electron chi connectivity index (χ4n) is 2.82. The van der Waals surface area contributed by atoms with Gasteiger partial charge in [0, 0.05) is 30.1 Å². The Bertz CT molecular complexity index is 900. The van der Waals surface area contributed by atoms with Gasteiger partial charge in [-0.3, -0.25) is 4.79 Å². The monoisotopic (exact) mass is 362 g/mol. The largest absolute Gasteiger partial charge is 0.344 e. The summed E-state index contributed by atoms with van der Waals surface area (Å²) < 4.78 is 0. The lowest BCUT2D eigenvalue weighted by atomic mass is 10.0. The fraction of sp³-hybridized carbons (Fsp3) is 0.182. The van der Waals surface area contributed by atoms with Gasteiger partial charge in [0.2, 0.25) is 0 Å². The minimum Gasteiger partial charge on any atom is -0.344 e. The molecular formula is C22H22N2OS. The van der Waals surface area contributed by atoms with Crippen molar-refractivity contribution in [2.45, 2.75) is 13.8 Å². The van der Waals surface area contributed by atoms with E-state index in [1.807, 2.05) is 50.2 Å². The molecule has 0 aliphatic rings. The normalized spacial score (nSPS) is 10.5. The van der Waals surface area contributed by atoms with Crippen molar-refractivity contribution in [3.8, 4) is 0 Å². The second kappa shape index (κ2) is 7.67. The zero-order chi connectivity index (χ0) is 18.7. The van der Waals surface area contributed by atoms with Gasteiger partial charge in [0.15, 0.2) is 0 Å². The molecule has 3 nitrogen and oxygen atoms in total. The van der Waals surface area contributed by atoms with Crippen LogP contribution in [0.15, 0.2) is 65.7 Å². The van der Waals surface area contributed by atoms with Gasteiger partial charge in [-0.1, -0.05) is 60.7 Å². The van der Waals surface area contributed by atoms with Crippen LogP contribution in [0.25, 0.3) is 0 Å². The Morgan fingerprint density at radius 1 is 0.885 bits per heavy atom. The first kappa shape index (κ1) is 18.1. The molecule has 0 N–H and O–H groups in total. The molecule has 2 aromatic carbocycles. The molecule has 1 aromatic heterocycles. The van der Waals surface area contributed by atoms with Gasteiger partial charge in [-0.15, -0.1) is 11.3 Å². The van der Waals surface area contributed by atoms with Crippen LogP contribution in [0.5, 0.6) is 0 Å². The fourth-order valence-corrected chi connectivity index (χ4v) is 3.94. The first-order valence-electron chi connectivity index (χ1n) is 8.50. The van der Waals surface area contributed by atoms with E-state index in [-0.39, 0.29) is 5.91 Å². The molecule has 26 heavy (non-hydrogen) atoms. The summed E-state index contributed by atoms with van der Waals surface area (Å²) in [7, 11) is 3.55. The lowest BCUT2D eigenvalue weighted by Crippen LogP contribution is -2.21. The highest BCUT2D eigenvalue weighted by Crippen LogP contribution is 2.36. The van der Waals surface area contributed by atoms with E-state index in [1.54, 1.807) is 19.0 Å². The lowest BCUT2D eigenvalue weighted by Gasteiger charge is -2.10. The van der Waals surface area contributed by atoms with Crippen molar-refractivity contribution in [2.24, 2.45) is 4.99 Å². The van der Waals surface area contributed by atoms with Gasteiger partial charge in [0.05, 0.1) is 16.3 Å². The Morgan fingerprint density at radius 3 is 1.85 bits per heavy atom. The summed E-state index contributed by atoms with van der Waals surface area (Å²) in [5.41, 5.74) is 4.87. The van der Waals surface area contributed by atoms with Gasteiger partial charge in [0.25, 0.3) is 5.91 Å². The maximum Gasteiger partial charge on any atom is 0.263 e. The Balaban J connectivity index is 2.17. The van der Waals surface area contributed by atoms with E-state index in [4.69, 9.17) is 4.99 Å². The van der Waals surface area contributed by atoms with Crippen molar-refractivity contribution in [1.82, 2.24) is 4.90 Å². The average molecular weight is 362 g/mol. The highest BCUT2D eigenvalue weighted by Gasteiger charge is 2.20. The Hall–Kier alpha value is -2.72. The summed E-state index contributed by atoms with van der Waals surface area (Å²) in [6, 6.07) is 20.3. The third kappa shape index (κ3) is 3.60. The molecule has 3 aromatic rings. The summed E-state index contributed by atoms with van der Waals surface area (Å²) in [5, 5.41) is 0. The highest BCUT2D eigenvalue weighted by atomic mass is 32.1. The van der Waals surface area contributed by atoms with Gasteiger partial charge in [-0.05, 0) is 19.4 Å². The standard InChI is InChI=1S/C22H22N2OS/c1-15-19(16(2)26-21(15)22(25)24(3)4)23-20(17-11-7-5-8-12-17)18-13-9-6-10-14-18/h5-14H,1-4H3. The molecular weight excluding hydrogens is 340 g/mol. The summed E-state index contributed by atoms with van der Waals surface area (Å²) in [6.07, 6.45) is 0. The molecule has 0 bridgehead atoms. The smallest absolute Gasteiger partial charge is 0.263 e. The van der Waals surface area contributed by atoms with E-state index in [2.05, 4.69) is 24.3 Å². The minimum atomic E-state index is 0.0259. The van der Waals surface area contributed by atoms with Crippen LogP contribution >= 0.6 is 11.3 Å². The van der Waals surface area contributed by atoms with Crippen molar-refractivity contribution in [3.05, 3.63) is 87.1 Å². The Labute approximate surface area is 158 Å². The van der Waals surface area contributed by atoms with E-state index in [0.29, 0.717) is 0 Å². The number of amides is 1. The number of aryl methyl sites for hydroxylation is 1. The average Bonchev–Trinajstić information content (AvgIpc) is 2.94. The van der Waals surface area contributed by atoms with Crippen LogP contribution < -0.4 is 0 Å². The highest BCUT2D eigenvalue weighted by molar-refractivity contribution is 7.14. The van der Waals surface area contributed by atoms with Crippen LogP contribution in [-0.2, 0) is 0 Å². The van der Waals surface area contributed by atoms with Gasteiger partial charge in [-0.25, -0.2) is 4.99 Å². The van der Waals surface area contributed by atoms with E-state index in [9.17, 15) is 4.79 Å². The molecule has 0 saturated heterocycles. The third-order valence-electron chi connectivity index (χ3n) is 4.20. The number of carbonyl (C=O) groups excluding carboxylic acids is 1. The number of thiophene rings is 1. The van der Waals surface area contributed by atoms with E-state index in [1.165, 1.54) is 11.3 Å². The van der Waals surface area contributed by atoms with Crippen LogP contribution in [-0.4, -0.2) is 30.6 Å². The quantitative estimate of drug-likeness (QED) is 0.585. The number of hydrogen-bond donors (Lipinski definition) is 0. The van der Waals surface area contributed by atoms with Crippen molar-refractivity contribution in [2.75, 3.05) is 14.1 Å². The van der Waals surface area contributed by atoms with Crippen LogP contribution in [0.4, 0.5) is 5.69 Å². The molecule has 0 atom stereocenters. The van der Waals surface area contributed by atoms with Gasteiger partial charge in [0.1, 0.15) is 0 Å². The second-order valence-electron chi connectivity index (χ2n) is 6.35. The first-order valence-corrected chi connectivity index (χ1v) is 9.32. The topological polar surface area (TPSA) is 32.7 Å². The molecule has 0 spiro atoms. The number of aliphatic imine (C=N–C) groups is 1. The van der Waals surface area contributed by atoms with E-state index >= 15 is 0 Å². The lowest BCUT2D eigenvalue weighted by molar-refractivity contribution is 0.0831. The van der Waals surface area contributed by atoms with E-state index < -0.39 is 0 Å². The van der Waals surface area contributed by atoms with Crippen LogP contribution in [0.2, 0.25) is 0 Å². The maximum absolute atomic E-state index is 12.4. The minimum absolute atomic E-state index is 0.0259. The molecule has 0 aliphatic carbocycles. The maximum atomic E-state index is 12.4. The summed E-state index contributed by atoms with van der Waals surface area (Å²) in [5.74, 6) is 0.0259. The number of nitrogens with zero attached hydrogens (tertiary/aromatic N) is 2. The number of carbonyl (C=O) groups is 1. The molecule has 0 unspecified atom stereocenters. The van der Waals surface area contributed by atoms with E-state index in [0.717, 1.165) is 37.8 Å². The SMILES string of the molecule is Cc1sc(C(=O)N(C)C)c(C)c1N=C(c1ccccc1)c1ccccc1. The predicted molar refractivity (Wildman–Crippen MR) is 110 cm³/mol. The zero-order valence-corrected chi connectivity index (χ0v) is 16.3. The Morgan fingerprint density at radius 2 is 1.38 bits per heavy atom. The van der Waals surface area contributed by atoms with Crippen molar-refractivity contribution < 1.29 is 4.79 Å². The number of rotatable bonds is 4. The van der Waals surface area contributed by atoms with Crippen molar-refractivity contribution in [3.63, 3.8) is 0 Å². The molecule has 0 saturated carbocycles. The van der Waals surface area contributed by atoms with Gasteiger partial charge < -0.3 is 4.90 Å². The van der Waals surface area contributed by atoms with Gasteiger partial charge >= 0.3 is 0 Å². The first-order chi connectivity index (χ1) is 12.5. The molecule has 3 rings (SSSR count). The van der Waals surface area contributed by atoms with Crippen molar-refractivity contribution >= 4 is 28.6 Å². The number of benzene rings is 2. The summed E-state index contributed by atoms with van der Waals surface area (Å²) in [6.45, 7) is 4.00. The summed E-state index contributed by atoms with van der Waals surface area (Å²) >= 11 is 1.51. The van der Waals surface area contributed by atoms with Crippen LogP contribution in [0, 0.1) is 13.8 Å².